The molecule has 1 N–H and O–H groups in total. The van der Waals surface area contributed by atoms with Crippen molar-refractivity contribution in [1.82, 2.24) is 0 Å². The Morgan fingerprint density at radius 1 is 0.867 bits per heavy atom. The molecule has 2 aromatic rings. The first-order valence-electron chi connectivity index (χ1n) is 8.09. The van der Waals surface area contributed by atoms with Gasteiger partial charge in [0.15, 0.2) is 18.2 Å². The Labute approximate surface area is 173 Å². The smallest absolute Gasteiger partial charge is 0.340 e. The summed E-state index contributed by atoms with van der Waals surface area (Å²) in [5.41, 5.74) is -0.531. The van der Waals surface area contributed by atoms with Crippen molar-refractivity contribution in [3.8, 4) is 0 Å². The second-order valence-electron chi connectivity index (χ2n) is 5.65. The SMILES string of the molecule is COC(=O)c1cc(NC(=O)COC(=O)c2cc(F)c(F)cc2Cl)cc(C(=O)OC)c1. The number of ether oxygens (including phenoxy) is 3. The standard InChI is InChI=1S/C19H14ClF2NO7/c1-28-17(25)9-3-10(18(26)29-2)5-11(4-9)23-16(24)8-30-19(27)12-6-14(21)15(22)7-13(12)20/h3-7H,8H2,1-2H3,(H,23,24). The number of methoxy groups -OCH3 is 2. The molecule has 0 spiro atoms. The van der Waals surface area contributed by atoms with E-state index in [0.717, 1.165) is 14.2 Å². The van der Waals surface area contributed by atoms with Crippen LogP contribution in [-0.2, 0) is 19.0 Å². The van der Waals surface area contributed by atoms with Crippen molar-refractivity contribution in [1.29, 1.82) is 0 Å². The summed E-state index contributed by atoms with van der Waals surface area (Å²) in [4.78, 5) is 47.5. The number of esters is 3. The van der Waals surface area contributed by atoms with E-state index in [1.54, 1.807) is 0 Å². The molecule has 0 aliphatic heterocycles. The summed E-state index contributed by atoms with van der Waals surface area (Å²) in [7, 11) is 2.27. The molecule has 0 heterocycles. The number of anilines is 1. The summed E-state index contributed by atoms with van der Waals surface area (Å²) >= 11 is 5.67. The number of hydrogen-bond donors (Lipinski definition) is 1. The van der Waals surface area contributed by atoms with Crippen LogP contribution in [0, 0.1) is 11.6 Å². The van der Waals surface area contributed by atoms with Crippen molar-refractivity contribution in [3.63, 3.8) is 0 Å². The Bertz CT molecular complexity index is 992. The lowest BCUT2D eigenvalue weighted by Gasteiger charge is -2.10. The topological polar surface area (TPSA) is 108 Å². The van der Waals surface area contributed by atoms with Crippen molar-refractivity contribution in [2.75, 3.05) is 26.1 Å². The van der Waals surface area contributed by atoms with Crippen molar-refractivity contribution < 1.29 is 42.2 Å². The van der Waals surface area contributed by atoms with Gasteiger partial charge in [-0.15, -0.1) is 0 Å². The van der Waals surface area contributed by atoms with Crippen LogP contribution in [0.15, 0.2) is 30.3 Å². The summed E-state index contributed by atoms with van der Waals surface area (Å²) in [6, 6.07) is 4.80. The van der Waals surface area contributed by atoms with Gasteiger partial charge < -0.3 is 19.5 Å². The molecule has 0 bridgehead atoms. The van der Waals surface area contributed by atoms with Crippen LogP contribution >= 0.6 is 11.6 Å². The minimum Gasteiger partial charge on any atom is -0.465 e. The van der Waals surface area contributed by atoms with E-state index in [2.05, 4.69) is 14.8 Å². The number of benzene rings is 2. The highest BCUT2D eigenvalue weighted by Crippen LogP contribution is 2.21. The quantitative estimate of drug-likeness (QED) is 0.417. The third-order valence-corrected chi connectivity index (χ3v) is 3.94. The van der Waals surface area contributed by atoms with Crippen LogP contribution in [0.3, 0.4) is 0 Å². The summed E-state index contributed by atoms with van der Waals surface area (Å²) in [5.74, 6) is -6.11. The number of hydrogen-bond acceptors (Lipinski definition) is 7. The predicted molar refractivity (Wildman–Crippen MR) is 99.4 cm³/mol. The zero-order valence-corrected chi connectivity index (χ0v) is 16.3. The van der Waals surface area contributed by atoms with E-state index >= 15 is 0 Å². The molecule has 1 amide bonds. The van der Waals surface area contributed by atoms with E-state index in [4.69, 9.17) is 16.3 Å². The van der Waals surface area contributed by atoms with Gasteiger partial charge in [-0.05, 0) is 30.3 Å². The average molecular weight is 442 g/mol. The largest absolute Gasteiger partial charge is 0.465 e. The van der Waals surface area contributed by atoms with Crippen molar-refractivity contribution in [2.45, 2.75) is 0 Å². The molecule has 0 fully saturated rings. The molecule has 0 aliphatic carbocycles. The molecule has 8 nitrogen and oxygen atoms in total. The van der Waals surface area contributed by atoms with Crippen LogP contribution in [0.25, 0.3) is 0 Å². The lowest BCUT2D eigenvalue weighted by Crippen LogP contribution is -2.21. The van der Waals surface area contributed by atoms with Gasteiger partial charge in [0.1, 0.15) is 0 Å². The maximum absolute atomic E-state index is 13.3. The number of carbonyl (C=O) groups excluding carboxylic acids is 4. The normalized spacial score (nSPS) is 10.2. The monoisotopic (exact) mass is 441 g/mol. The maximum atomic E-state index is 13.3. The number of rotatable bonds is 6. The first-order chi connectivity index (χ1) is 14.2. The molecule has 0 radical (unpaired) electrons. The van der Waals surface area contributed by atoms with E-state index in [1.165, 1.54) is 18.2 Å². The van der Waals surface area contributed by atoms with Crippen molar-refractivity contribution >= 4 is 41.1 Å². The summed E-state index contributed by atoms with van der Waals surface area (Å²) in [5, 5.41) is 1.93. The van der Waals surface area contributed by atoms with Crippen LogP contribution in [-0.4, -0.2) is 44.6 Å². The van der Waals surface area contributed by atoms with Gasteiger partial charge in [0, 0.05) is 5.69 Å². The molecule has 2 rings (SSSR count). The highest BCUT2D eigenvalue weighted by Gasteiger charge is 2.19. The number of amides is 1. The first kappa shape index (κ1) is 22.8. The predicted octanol–water partition coefficient (Wildman–Crippen LogP) is 2.99. The summed E-state index contributed by atoms with van der Waals surface area (Å²) < 4.78 is 40.2. The minimum absolute atomic E-state index is 0.0187. The molecule has 0 saturated carbocycles. The molecular weight excluding hydrogens is 428 g/mol. The third-order valence-electron chi connectivity index (χ3n) is 3.62. The van der Waals surface area contributed by atoms with Crippen LogP contribution in [0.1, 0.15) is 31.1 Å². The summed E-state index contributed by atoms with van der Waals surface area (Å²) in [6.45, 7) is -0.815. The molecule has 0 saturated heterocycles. The zero-order valence-electron chi connectivity index (χ0n) is 15.6. The van der Waals surface area contributed by atoms with E-state index in [0.29, 0.717) is 12.1 Å². The lowest BCUT2D eigenvalue weighted by molar-refractivity contribution is -0.119. The molecule has 0 aromatic heterocycles. The second kappa shape index (κ2) is 9.79. The zero-order chi connectivity index (χ0) is 22.4. The molecule has 11 heteroatoms. The first-order valence-corrected chi connectivity index (χ1v) is 8.47. The van der Waals surface area contributed by atoms with Crippen LogP contribution in [0.5, 0.6) is 0 Å². The fourth-order valence-corrected chi connectivity index (χ4v) is 2.48. The number of halogens is 3. The Balaban J connectivity index is 2.12. The van der Waals surface area contributed by atoms with E-state index in [1.807, 2.05) is 0 Å². The van der Waals surface area contributed by atoms with E-state index < -0.39 is 52.6 Å². The average Bonchev–Trinajstić information content (AvgIpc) is 2.73. The molecular formula is C19H14ClF2NO7. The maximum Gasteiger partial charge on any atom is 0.340 e. The highest BCUT2D eigenvalue weighted by molar-refractivity contribution is 6.33. The molecule has 158 valence electrons. The van der Waals surface area contributed by atoms with Crippen LogP contribution < -0.4 is 5.32 Å². The van der Waals surface area contributed by atoms with E-state index in [9.17, 15) is 28.0 Å². The Morgan fingerprint density at radius 2 is 1.40 bits per heavy atom. The van der Waals surface area contributed by atoms with E-state index in [-0.39, 0.29) is 16.8 Å². The van der Waals surface area contributed by atoms with Gasteiger partial charge in [0.2, 0.25) is 0 Å². The van der Waals surface area contributed by atoms with Crippen LogP contribution in [0.4, 0.5) is 14.5 Å². The third kappa shape index (κ3) is 5.51. The second-order valence-corrected chi connectivity index (χ2v) is 6.06. The fourth-order valence-electron chi connectivity index (χ4n) is 2.26. The van der Waals surface area contributed by atoms with Gasteiger partial charge in [-0.25, -0.2) is 23.2 Å². The minimum atomic E-state index is -1.31. The molecule has 30 heavy (non-hydrogen) atoms. The lowest BCUT2D eigenvalue weighted by atomic mass is 10.1. The van der Waals surface area contributed by atoms with Gasteiger partial charge in [0.05, 0.1) is 35.9 Å². The highest BCUT2D eigenvalue weighted by atomic mass is 35.5. The summed E-state index contributed by atoms with van der Waals surface area (Å²) in [6.07, 6.45) is 0. The van der Waals surface area contributed by atoms with Gasteiger partial charge in [-0.3, -0.25) is 4.79 Å². The van der Waals surface area contributed by atoms with Gasteiger partial charge in [-0.1, -0.05) is 11.6 Å². The molecule has 0 atom stereocenters. The van der Waals surface area contributed by atoms with Crippen LogP contribution in [0.2, 0.25) is 5.02 Å². The fraction of sp³-hybridized carbons (Fsp3) is 0.158. The Kier molecular flexibility index (Phi) is 7.43. The molecule has 2 aromatic carbocycles. The van der Waals surface area contributed by atoms with Gasteiger partial charge >= 0.3 is 17.9 Å². The number of carbonyl (C=O) groups is 4. The molecule has 0 unspecified atom stereocenters. The number of nitrogens with one attached hydrogen (secondary N) is 1. The Hall–Kier alpha value is -3.53. The van der Waals surface area contributed by atoms with Gasteiger partial charge in [0.25, 0.3) is 5.91 Å². The van der Waals surface area contributed by atoms with Gasteiger partial charge in [-0.2, -0.15) is 0 Å². The Morgan fingerprint density at radius 3 is 1.93 bits per heavy atom. The molecule has 0 aliphatic rings. The van der Waals surface area contributed by atoms with Crippen molar-refractivity contribution in [2.24, 2.45) is 0 Å². The van der Waals surface area contributed by atoms with Crippen molar-refractivity contribution in [3.05, 3.63) is 63.7 Å².